The van der Waals surface area contributed by atoms with E-state index in [2.05, 4.69) is 4.98 Å². The lowest BCUT2D eigenvalue weighted by molar-refractivity contribution is 0.100. The number of nitrogens with one attached hydrogen (secondary N) is 1. The van der Waals surface area contributed by atoms with Gasteiger partial charge in [-0.25, -0.2) is 8.42 Å². The van der Waals surface area contributed by atoms with Crippen molar-refractivity contribution in [3.63, 3.8) is 0 Å². The number of H-pyrrole nitrogens is 1. The maximum Gasteiger partial charge on any atom is 0.250 e. The van der Waals surface area contributed by atoms with Gasteiger partial charge in [0.15, 0.2) is 0 Å². The highest BCUT2D eigenvalue weighted by atomic mass is 35.5. The molecule has 8 heteroatoms. The molecule has 0 spiro atoms. The fourth-order valence-electron chi connectivity index (χ4n) is 3.83. The van der Waals surface area contributed by atoms with Crippen LogP contribution in [-0.4, -0.2) is 30.8 Å². The summed E-state index contributed by atoms with van der Waals surface area (Å²) in [5, 5.41) is 1.75. The predicted octanol–water partition coefficient (Wildman–Crippen LogP) is 4.53. The third kappa shape index (κ3) is 3.52. The Morgan fingerprint density at radius 3 is 2.39 bits per heavy atom. The van der Waals surface area contributed by atoms with E-state index in [0.717, 1.165) is 22.1 Å². The number of primary amides is 1. The number of aromatic amines is 1. The molecule has 1 aliphatic heterocycles. The Labute approximate surface area is 172 Å². The predicted molar refractivity (Wildman–Crippen MR) is 113 cm³/mol. The lowest BCUT2D eigenvalue weighted by Gasteiger charge is -2.21. The summed E-state index contributed by atoms with van der Waals surface area (Å²) in [5.74, 6) is -0.0625. The van der Waals surface area contributed by atoms with E-state index >= 15 is 0 Å². The molecular formula is C20H18Cl2N2O3S. The van der Waals surface area contributed by atoms with E-state index in [9.17, 15) is 13.2 Å². The lowest BCUT2D eigenvalue weighted by atomic mass is 9.91. The molecule has 1 aliphatic rings. The summed E-state index contributed by atoms with van der Waals surface area (Å²) in [6, 6.07) is 9.00. The number of carbonyl (C=O) groups is 1. The van der Waals surface area contributed by atoms with Crippen molar-refractivity contribution in [1.29, 1.82) is 0 Å². The van der Waals surface area contributed by atoms with Crippen molar-refractivity contribution in [2.45, 2.75) is 18.8 Å². The fourth-order valence-corrected chi connectivity index (χ4v) is 5.62. The Bertz CT molecular complexity index is 1190. The Balaban J connectivity index is 1.86. The minimum atomic E-state index is -2.95. The fraction of sp³-hybridized carbons (Fsp3) is 0.250. The van der Waals surface area contributed by atoms with Crippen LogP contribution < -0.4 is 5.73 Å². The van der Waals surface area contributed by atoms with Gasteiger partial charge >= 0.3 is 0 Å². The van der Waals surface area contributed by atoms with Crippen molar-refractivity contribution >= 4 is 49.8 Å². The number of carbonyl (C=O) groups excluding carboxylic acids is 1. The number of nitrogens with two attached hydrogens (primary N) is 1. The highest BCUT2D eigenvalue weighted by molar-refractivity contribution is 7.91. The number of sulfone groups is 1. The van der Waals surface area contributed by atoms with Crippen molar-refractivity contribution in [3.8, 4) is 11.1 Å². The van der Waals surface area contributed by atoms with E-state index < -0.39 is 15.7 Å². The van der Waals surface area contributed by atoms with Crippen molar-refractivity contribution < 1.29 is 13.2 Å². The maximum absolute atomic E-state index is 12.1. The van der Waals surface area contributed by atoms with Gasteiger partial charge in [0.05, 0.1) is 32.6 Å². The van der Waals surface area contributed by atoms with Crippen molar-refractivity contribution in [1.82, 2.24) is 4.98 Å². The average molecular weight is 437 g/mol. The Kier molecular flexibility index (Phi) is 4.89. The first-order chi connectivity index (χ1) is 13.2. The minimum absolute atomic E-state index is 0.113. The van der Waals surface area contributed by atoms with Crippen molar-refractivity contribution in [2.75, 3.05) is 11.5 Å². The van der Waals surface area contributed by atoms with Gasteiger partial charge in [0.2, 0.25) is 0 Å². The summed E-state index contributed by atoms with van der Waals surface area (Å²) >= 11 is 12.2. The number of hydrogen-bond donors (Lipinski definition) is 2. The van der Waals surface area contributed by atoms with Gasteiger partial charge in [-0.3, -0.25) is 4.79 Å². The average Bonchev–Trinajstić information content (AvgIpc) is 3.07. The molecule has 0 unspecified atom stereocenters. The molecule has 28 heavy (non-hydrogen) atoms. The van der Waals surface area contributed by atoms with E-state index in [4.69, 9.17) is 28.9 Å². The van der Waals surface area contributed by atoms with Gasteiger partial charge in [-0.2, -0.15) is 0 Å². The van der Waals surface area contributed by atoms with Crippen LogP contribution in [0.15, 0.2) is 36.5 Å². The molecular weight excluding hydrogens is 419 g/mol. The SMILES string of the molecule is NC(=O)c1cc(-c2ccc(Cl)c(Cl)c2)cc2c(C3CCS(=O)(=O)CC3)c[nH]c12. The highest BCUT2D eigenvalue weighted by Gasteiger charge is 2.27. The number of amides is 1. The van der Waals surface area contributed by atoms with Crippen molar-refractivity contribution in [2.24, 2.45) is 5.73 Å². The first-order valence-electron chi connectivity index (χ1n) is 8.86. The molecule has 2 aromatic carbocycles. The molecule has 3 N–H and O–H groups in total. The summed E-state index contributed by atoms with van der Waals surface area (Å²) in [7, 11) is -2.95. The minimum Gasteiger partial charge on any atom is -0.366 e. The number of benzene rings is 2. The summed E-state index contributed by atoms with van der Waals surface area (Å²) in [6.45, 7) is 0. The Morgan fingerprint density at radius 2 is 1.75 bits per heavy atom. The van der Waals surface area contributed by atoms with E-state index in [0.29, 0.717) is 34.0 Å². The molecule has 0 bridgehead atoms. The standard InChI is InChI=1S/C20H18Cl2N2O3S/c21-17-2-1-12(9-18(17)22)13-7-14-16(11-3-5-28(26,27)6-4-11)10-24-19(14)15(8-13)20(23)25/h1-2,7-11,24H,3-6H2,(H2,23,25). The smallest absolute Gasteiger partial charge is 0.250 e. The molecule has 1 aromatic heterocycles. The maximum atomic E-state index is 12.1. The second-order valence-electron chi connectivity index (χ2n) is 7.11. The molecule has 0 saturated carbocycles. The summed E-state index contributed by atoms with van der Waals surface area (Å²) < 4.78 is 23.6. The Hall–Kier alpha value is -2.02. The number of halogens is 2. The summed E-state index contributed by atoms with van der Waals surface area (Å²) in [6.07, 6.45) is 2.99. The Morgan fingerprint density at radius 1 is 1.04 bits per heavy atom. The molecule has 1 fully saturated rings. The summed E-state index contributed by atoms with van der Waals surface area (Å²) in [5.41, 5.74) is 9.29. The second kappa shape index (κ2) is 7.10. The van der Waals surface area contributed by atoms with Gasteiger partial charge in [0, 0.05) is 11.6 Å². The van der Waals surface area contributed by atoms with E-state index in [1.54, 1.807) is 18.2 Å². The first-order valence-corrected chi connectivity index (χ1v) is 11.4. The van der Waals surface area contributed by atoms with Crippen LogP contribution in [0.5, 0.6) is 0 Å². The van der Waals surface area contributed by atoms with E-state index in [1.165, 1.54) is 0 Å². The number of aromatic nitrogens is 1. The third-order valence-corrected chi connectivity index (χ3v) is 7.79. The molecule has 3 aromatic rings. The molecule has 146 valence electrons. The molecule has 4 rings (SSSR count). The van der Waals surface area contributed by atoms with Crippen molar-refractivity contribution in [3.05, 3.63) is 57.7 Å². The zero-order chi connectivity index (χ0) is 20.1. The molecule has 0 radical (unpaired) electrons. The van der Waals surface area contributed by atoms with Gasteiger partial charge < -0.3 is 10.7 Å². The monoisotopic (exact) mass is 436 g/mol. The van der Waals surface area contributed by atoms with Crippen LogP contribution in [0.1, 0.15) is 34.7 Å². The van der Waals surface area contributed by atoms with Crippen LogP contribution in [0.3, 0.4) is 0 Å². The number of rotatable bonds is 3. The zero-order valence-corrected chi connectivity index (χ0v) is 17.2. The molecule has 2 heterocycles. The van der Waals surface area contributed by atoms with Gasteiger partial charge in [-0.1, -0.05) is 29.3 Å². The van der Waals surface area contributed by atoms with Crippen LogP contribution in [0.2, 0.25) is 10.0 Å². The number of hydrogen-bond acceptors (Lipinski definition) is 3. The van der Waals surface area contributed by atoms with Crippen LogP contribution in [0, 0.1) is 0 Å². The van der Waals surface area contributed by atoms with Crippen LogP contribution in [0.4, 0.5) is 0 Å². The zero-order valence-electron chi connectivity index (χ0n) is 14.8. The largest absolute Gasteiger partial charge is 0.366 e. The normalized spacial score (nSPS) is 17.1. The van der Waals surface area contributed by atoms with Crippen LogP contribution >= 0.6 is 23.2 Å². The van der Waals surface area contributed by atoms with E-state index in [1.807, 2.05) is 18.3 Å². The van der Waals surface area contributed by atoms with Gasteiger partial charge in [-0.05, 0) is 59.7 Å². The first kappa shape index (κ1) is 19.3. The number of fused-ring (bicyclic) bond motifs is 1. The molecule has 5 nitrogen and oxygen atoms in total. The van der Waals surface area contributed by atoms with Gasteiger partial charge in [-0.15, -0.1) is 0 Å². The topological polar surface area (TPSA) is 93.0 Å². The van der Waals surface area contributed by atoms with Gasteiger partial charge in [0.25, 0.3) is 5.91 Å². The van der Waals surface area contributed by atoms with Crippen LogP contribution in [0.25, 0.3) is 22.0 Å². The van der Waals surface area contributed by atoms with E-state index in [-0.39, 0.29) is 17.4 Å². The molecule has 0 atom stereocenters. The molecule has 1 amide bonds. The highest BCUT2D eigenvalue weighted by Crippen LogP contribution is 2.38. The quantitative estimate of drug-likeness (QED) is 0.631. The van der Waals surface area contributed by atoms with Crippen LogP contribution in [-0.2, 0) is 9.84 Å². The third-order valence-electron chi connectivity index (χ3n) is 5.33. The molecule has 0 aliphatic carbocycles. The summed E-state index contributed by atoms with van der Waals surface area (Å²) in [4.78, 5) is 15.2. The molecule has 1 saturated heterocycles. The van der Waals surface area contributed by atoms with Gasteiger partial charge in [0.1, 0.15) is 9.84 Å². The lowest BCUT2D eigenvalue weighted by Crippen LogP contribution is -2.22. The second-order valence-corrected chi connectivity index (χ2v) is 10.2.